The number of carbonyl (C=O) groups excluding carboxylic acids is 1. The molecule has 140 valence electrons. The zero-order valence-electron chi connectivity index (χ0n) is 14.7. The number of amides is 1. The SMILES string of the molecule is C[C@@H]1CNc2c(sc3ccc4nc(Oc5cc(F)ncn5)ccc4c23)C(=O)N1. The topological polar surface area (TPSA) is 89.0 Å². The van der Waals surface area contributed by atoms with Crippen molar-refractivity contribution in [2.45, 2.75) is 13.0 Å². The number of anilines is 1. The Kier molecular flexibility index (Phi) is 3.83. The van der Waals surface area contributed by atoms with Gasteiger partial charge in [-0.15, -0.1) is 11.3 Å². The summed E-state index contributed by atoms with van der Waals surface area (Å²) < 4.78 is 19.8. The lowest BCUT2D eigenvalue weighted by Crippen LogP contribution is -2.34. The second kappa shape index (κ2) is 6.38. The minimum Gasteiger partial charge on any atom is -0.420 e. The van der Waals surface area contributed by atoms with Crippen LogP contribution in [0.4, 0.5) is 10.1 Å². The third-order valence-corrected chi connectivity index (χ3v) is 5.64. The smallest absolute Gasteiger partial charge is 0.263 e. The van der Waals surface area contributed by atoms with E-state index >= 15 is 0 Å². The van der Waals surface area contributed by atoms with Gasteiger partial charge in [-0.2, -0.15) is 4.39 Å². The highest BCUT2D eigenvalue weighted by molar-refractivity contribution is 7.21. The first-order chi connectivity index (χ1) is 13.6. The second-order valence-corrected chi connectivity index (χ2v) is 7.55. The van der Waals surface area contributed by atoms with Crippen molar-refractivity contribution >= 4 is 43.9 Å². The number of thiophene rings is 1. The molecular weight excluding hydrogens is 381 g/mol. The van der Waals surface area contributed by atoms with E-state index in [2.05, 4.69) is 25.6 Å². The van der Waals surface area contributed by atoms with Crippen molar-refractivity contribution in [3.8, 4) is 11.8 Å². The van der Waals surface area contributed by atoms with Gasteiger partial charge >= 0.3 is 0 Å². The molecular formula is C19H14FN5O2S. The summed E-state index contributed by atoms with van der Waals surface area (Å²) in [5, 5.41) is 8.24. The number of aromatic nitrogens is 3. The summed E-state index contributed by atoms with van der Waals surface area (Å²) in [7, 11) is 0. The number of nitrogens with zero attached hydrogens (tertiary/aromatic N) is 3. The number of fused-ring (bicyclic) bond motifs is 5. The Morgan fingerprint density at radius 1 is 1.21 bits per heavy atom. The maximum Gasteiger partial charge on any atom is 0.263 e. The highest BCUT2D eigenvalue weighted by atomic mass is 32.1. The summed E-state index contributed by atoms with van der Waals surface area (Å²) in [6, 6.07) is 8.54. The molecule has 0 spiro atoms. The van der Waals surface area contributed by atoms with E-state index in [4.69, 9.17) is 4.74 Å². The monoisotopic (exact) mass is 395 g/mol. The Bertz CT molecular complexity index is 1240. The van der Waals surface area contributed by atoms with Crippen LogP contribution in [0.1, 0.15) is 16.6 Å². The van der Waals surface area contributed by atoms with Crippen molar-refractivity contribution < 1.29 is 13.9 Å². The summed E-state index contributed by atoms with van der Waals surface area (Å²) in [4.78, 5) is 24.9. The van der Waals surface area contributed by atoms with Crippen molar-refractivity contribution in [2.24, 2.45) is 0 Å². The predicted molar refractivity (Wildman–Crippen MR) is 105 cm³/mol. The third-order valence-electron chi connectivity index (χ3n) is 4.48. The molecule has 0 unspecified atom stereocenters. The van der Waals surface area contributed by atoms with Gasteiger partial charge < -0.3 is 15.4 Å². The minimum absolute atomic E-state index is 0.0449. The van der Waals surface area contributed by atoms with E-state index in [1.54, 1.807) is 6.07 Å². The molecule has 28 heavy (non-hydrogen) atoms. The Balaban J connectivity index is 1.62. The molecule has 4 aromatic rings. The van der Waals surface area contributed by atoms with Gasteiger partial charge in [0.25, 0.3) is 5.91 Å². The van der Waals surface area contributed by atoms with Crippen molar-refractivity contribution in [3.63, 3.8) is 0 Å². The fourth-order valence-corrected chi connectivity index (χ4v) is 4.34. The highest BCUT2D eigenvalue weighted by Gasteiger charge is 2.24. The number of hydrogen-bond acceptors (Lipinski definition) is 7. The van der Waals surface area contributed by atoms with Crippen LogP contribution in [0.15, 0.2) is 36.7 Å². The molecule has 9 heteroatoms. The van der Waals surface area contributed by atoms with Crippen LogP contribution in [0.3, 0.4) is 0 Å². The molecule has 1 aromatic carbocycles. The number of pyridine rings is 1. The summed E-state index contributed by atoms with van der Waals surface area (Å²) in [6.07, 6.45) is 1.09. The molecule has 4 heterocycles. The molecule has 0 saturated carbocycles. The average Bonchev–Trinajstić information content (AvgIpc) is 2.99. The summed E-state index contributed by atoms with van der Waals surface area (Å²) >= 11 is 1.45. The fourth-order valence-electron chi connectivity index (χ4n) is 3.24. The molecule has 0 saturated heterocycles. The van der Waals surface area contributed by atoms with E-state index in [1.807, 2.05) is 25.1 Å². The lowest BCUT2D eigenvalue weighted by molar-refractivity contribution is 0.0949. The Labute approximate surface area is 162 Å². The minimum atomic E-state index is -0.674. The molecule has 1 aliphatic heterocycles. The quantitative estimate of drug-likeness (QED) is 0.503. The van der Waals surface area contributed by atoms with E-state index in [0.717, 1.165) is 33.6 Å². The van der Waals surface area contributed by atoms with Gasteiger partial charge in [-0.05, 0) is 25.1 Å². The van der Waals surface area contributed by atoms with Gasteiger partial charge in [-0.1, -0.05) is 0 Å². The number of nitrogens with one attached hydrogen (secondary N) is 2. The molecule has 0 bridgehead atoms. The maximum absolute atomic E-state index is 13.2. The number of halogens is 1. The van der Waals surface area contributed by atoms with E-state index in [1.165, 1.54) is 11.3 Å². The molecule has 0 fully saturated rings. The van der Waals surface area contributed by atoms with E-state index < -0.39 is 5.95 Å². The summed E-state index contributed by atoms with van der Waals surface area (Å²) in [5.41, 5.74) is 1.54. The van der Waals surface area contributed by atoms with Crippen LogP contribution >= 0.6 is 11.3 Å². The van der Waals surface area contributed by atoms with Crippen molar-refractivity contribution in [1.29, 1.82) is 0 Å². The molecule has 2 N–H and O–H groups in total. The largest absolute Gasteiger partial charge is 0.420 e. The van der Waals surface area contributed by atoms with Crippen LogP contribution < -0.4 is 15.4 Å². The molecule has 0 aliphatic carbocycles. The fraction of sp³-hybridized carbons (Fsp3) is 0.158. The number of ether oxygens (including phenoxy) is 1. The first-order valence-corrected chi connectivity index (χ1v) is 9.46. The Morgan fingerprint density at radius 3 is 2.96 bits per heavy atom. The van der Waals surface area contributed by atoms with Gasteiger partial charge in [-0.25, -0.2) is 15.0 Å². The standard InChI is InChI=1S/C19H14FN5O2S/c1-9-7-21-17-16-10-2-5-14(27-15-6-13(20)22-8-23-15)25-11(10)3-4-12(16)28-18(17)19(26)24-9/h2-6,8-9,21H,7H2,1H3,(H,24,26)/t9-/m1/s1. The highest BCUT2D eigenvalue weighted by Crippen LogP contribution is 2.41. The predicted octanol–water partition coefficient (Wildman–Crippen LogP) is 3.71. The maximum atomic E-state index is 13.2. The molecule has 3 aromatic heterocycles. The number of benzene rings is 1. The number of hydrogen-bond donors (Lipinski definition) is 2. The Hall–Kier alpha value is -3.33. The number of rotatable bonds is 2. The molecule has 0 radical (unpaired) electrons. The van der Waals surface area contributed by atoms with Gasteiger partial charge in [-0.3, -0.25) is 4.79 Å². The first kappa shape index (κ1) is 16.8. The second-order valence-electron chi connectivity index (χ2n) is 6.50. The van der Waals surface area contributed by atoms with Crippen molar-refractivity contribution in [3.05, 3.63) is 47.5 Å². The van der Waals surface area contributed by atoms with Crippen molar-refractivity contribution in [1.82, 2.24) is 20.3 Å². The lowest BCUT2D eigenvalue weighted by atomic mass is 10.1. The lowest BCUT2D eigenvalue weighted by Gasteiger charge is -2.10. The van der Waals surface area contributed by atoms with Crippen LogP contribution in [0.2, 0.25) is 0 Å². The third kappa shape index (κ3) is 2.80. The molecule has 1 atom stereocenters. The van der Waals surface area contributed by atoms with Crippen LogP contribution in [0.25, 0.3) is 21.0 Å². The normalized spacial score (nSPS) is 16.4. The molecule has 5 rings (SSSR count). The van der Waals surface area contributed by atoms with Gasteiger partial charge in [0.2, 0.25) is 17.7 Å². The van der Waals surface area contributed by atoms with Crippen LogP contribution in [-0.2, 0) is 0 Å². The van der Waals surface area contributed by atoms with E-state index in [0.29, 0.717) is 22.8 Å². The van der Waals surface area contributed by atoms with E-state index in [9.17, 15) is 9.18 Å². The first-order valence-electron chi connectivity index (χ1n) is 8.65. The Morgan fingerprint density at radius 2 is 2.11 bits per heavy atom. The van der Waals surface area contributed by atoms with E-state index in [-0.39, 0.29) is 17.8 Å². The number of carbonyl (C=O) groups is 1. The average molecular weight is 395 g/mol. The van der Waals surface area contributed by atoms with Crippen LogP contribution in [0.5, 0.6) is 11.8 Å². The van der Waals surface area contributed by atoms with Gasteiger partial charge in [0.15, 0.2) is 0 Å². The van der Waals surface area contributed by atoms with Crippen LogP contribution in [-0.4, -0.2) is 33.4 Å². The molecule has 1 aliphatic rings. The summed E-state index contributed by atoms with van der Waals surface area (Å²) in [5.74, 6) is -0.365. The molecule has 1 amide bonds. The molecule has 7 nitrogen and oxygen atoms in total. The van der Waals surface area contributed by atoms with Gasteiger partial charge in [0.05, 0.1) is 17.3 Å². The van der Waals surface area contributed by atoms with Gasteiger partial charge in [0, 0.05) is 34.1 Å². The van der Waals surface area contributed by atoms with Gasteiger partial charge in [0.1, 0.15) is 11.2 Å². The van der Waals surface area contributed by atoms with Crippen molar-refractivity contribution in [2.75, 3.05) is 11.9 Å². The van der Waals surface area contributed by atoms with Crippen LogP contribution in [0, 0.1) is 5.95 Å². The summed E-state index contributed by atoms with van der Waals surface area (Å²) in [6.45, 7) is 2.61. The zero-order valence-corrected chi connectivity index (χ0v) is 15.5. The zero-order chi connectivity index (χ0) is 19.3.